The van der Waals surface area contributed by atoms with E-state index in [-0.39, 0.29) is 11.4 Å². The molecule has 30 heavy (non-hydrogen) atoms. The molecule has 2 aromatic carbocycles. The second-order valence-electron chi connectivity index (χ2n) is 9.02. The lowest BCUT2D eigenvalue weighted by atomic mass is 9.79. The molecule has 0 fully saturated rings. The van der Waals surface area contributed by atoms with Gasteiger partial charge in [0.25, 0.3) is 5.91 Å². The fraction of sp³-hybridized carbons (Fsp3) is 0.440. The lowest BCUT2D eigenvalue weighted by Gasteiger charge is -2.48. The van der Waals surface area contributed by atoms with E-state index in [9.17, 15) is 4.79 Å². The van der Waals surface area contributed by atoms with E-state index in [0.717, 1.165) is 36.1 Å². The highest BCUT2D eigenvalue weighted by atomic mass is 35.5. The van der Waals surface area contributed by atoms with Crippen molar-refractivity contribution in [3.63, 3.8) is 0 Å². The SMILES string of the molecule is CCCN1c2cc(C)c(/C=N\NC(=O)c3ccc(C)cc3Cl)cc2C(C)CC1(C)C. The van der Waals surface area contributed by atoms with E-state index in [2.05, 4.69) is 62.2 Å². The number of hydrogen-bond donors (Lipinski definition) is 1. The van der Waals surface area contributed by atoms with Crippen LogP contribution in [-0.4, -0.2) is 24.2 Å². The number of fused-ring (bicyclic) bond motifs is 1. The fourth-order valence-corrected chi connectivity index (χ4v) is 4.78. The summed E-state index contributed by atoms with van der Waals surface area (Å²) >= 11 is 6.19. The van der Waals surface area contributed by atoms with E-state index in [1.165, 1.54) is 11.3 Å². The lowest BCUT2D eigenvalue weighted by molar-refractivity contribution is 0.0955. The van der Waals surface area contributed by atoms with Gasteiger partial charge in [-0.25, -0.2) is 5.43 Å². The monoisotopic (exact) mass is 425 g/mol. The van der Waals surface area contributed by atoms with Gasteiger partial charge in [-0.3, -0.25) is 4.79 Å². The molecule has 0 aromatic heterocycles. The summed E-state index contributed by atoms with van der Waals surface area (Å²) in [5.74, 6) is 0.160. The van der Waals surface area contributed by atoms with Gasteiger partial charge in [0.05, 0.1) is 16.8 Å². The summed E-state index contributed by atoms with van der Waals surface area (Å²) in [6, 6.07) is 9.85. The zero-order valence-corrected chi connectivity index (χ0v) is 19.6. The van der Waals surface area contributed by atoms with Gasteiger partial charge in [-0.05, 0) is 93.0 Å². The van der Waals surface area contributed by atoms with Crippen molar-refractivity contribution in [2.45, 2.75) is 65.8 Å². The number of halogens is 1. The van der Waals surface area contributed by atoms with Gasteiger partial charge < -0.3 is 4.90 Å². The normalized spacial score (nSPS) is 17.8. The Morgan fingerprint density at radius 3 is 2.70 bits per heavy atom. The largest absolute Gasteiger partial charge is 0.366 e. The van der Waals surface area contributed by atoms with Crippen molar-refractivity contribution < 1.29 is 4.79 Å². The van der Waals surface area contributed by atoms with Crippen molar-refractivity contribution in [1.29, 1.82) is 0 Å². The zero-order chi connectivity index (χ0) is 22.1. The molecule has 160 valence electrons. The van der Waals surface area contributed by atoms with E-state index in [4.69, 9.17) is 11.6 Å². The molecule has 0 radical (unpaired) electrons. The van der Waals surface area contributed by atoms with Crippen LogP contribution in [0.3, 0.4) is 0 Å². The Bertz CT molecular complexity index is 981. The third-order valence-corrected chi connectivity index (χ3v) is 6.27. The molecule has 0 bridgehead atoms. The summed E-state index contributed by atoms with van der Waals surface area (Å²) < 4.78 is 0. The van der Waals surface area contributed by atoms with Gasteiger partial charge in [-0.15, -0.1) is 0 Å². The number of hydrazone groups is 1. The highest BCUT2D eigenvalue weighted by Gasteiger charge is 2.36. The summed E-state index contributed by atoms with van der Waals surface area (Å²) in [7, 11) is 0. The van der Waals surface area contributed by atoms with E-state index in [1.807, 2.05) is 13.0 Å². The highest BCUT2D eigenvalue weighted by Crippen LogP contribution is 2.44. The summed E-state index contributed by atoms with van der Waals surface area (Å²) in [5.41, 5.74) is 9.02. The van der Waals surface area contributed by atoms with Crippen LogP contribution < -0.4 is 10.3 Å². The molecule has 5 heteroatoms. The molecule has 0 spiro atoms. The molecule has 3 rings (SSSR count). The van der Waals surface area contributed by atoms with Crippen molar-refractivity contribution >= 4 is 29.4 Å². The average molecular weight is 426 g/mol. The van der Waals surface area contributed by atoms with Crippen LogP contribution in [0.5, 0.6) is 0 Å². The lowest BCUT2D eigenvalue weighted by Crippen LogP contribution is -2.48. The molecular weight excluding hydrogens is 394 g/mol. The van der Waals surface area contributed by atoms with Gasteiger partial charge in [-0.1, -0.05) is 31.5 Å². The summed E-state index contributed by atoms with van der Waals surface area (Å²) in [5, 5.41) is 4.63. The van der Waals surface area contributed by atoms with Crippen LogP contribution in [0, 0.1) is 13.8 Å². The van der Waals surface area contributed by atoms with Gasteiger partial charge in [0.15, 0.2) is 0 Å². The topological polar surface area (TPSA) is 44.7 Å². The molecule has 0 saturated heterocycles. The number of amides is 1. The van der Waals surface area contributed by atoms with Gasteiger partial charge in [0.1, 0.15) is 0 Å². The first kappa shape index (κ1) is 22.4. The number of hydrogen-bond acceptors (Lipinski definition) is 3. The predicted octanol–water partition coefficient (Wildman–Crippen LogP) is 6.22. The minimum absolute atomic E-state index is 0.145. The molecule has 1 N–H and O–H groups in total. The van der Waals surface area contributed by atoms with E-state index in [1.54, 1.807) is 18.3 Å². The van der Waals surface area contributed by atoms with Crippen LogP contribution in [0.25, 0.3) is 0 Å². The number of carbonyl (C=O) groups excluding carboxylic acids is 1. The number of benzene rings is 2. The van der Waals surface area contributed by atoms with Crippen molar-refractivity contribution in [2.75, 3.05) is 11.4 Å². The van der Waals surface area contributed by atoms with Crippen LogP contribution >= 0.6 is 11.6 Å². The minimum Gasteiger partial charge on any atom is -0.366 e. The fourth-order valence-electron chi connectivity index (χ4n) is 4.46. The Morgan fingerprint density at radius 2 is 2.03 bits per heavy atom. The summed E-state index contributed by atoms with van der Waals surface area (Å²) in [6.07, 6.45) is 3.96. The van der Waals surface area contributed by atoms with E-state index in [0.29, 0.717) is 16.5 Å². The molecule has 0 aliphatic carbocycles. The molecule has 1 amide bonds. The van der Waals surface area contributed by atoms with Gasteiger partial charge in [0.2, 0.25) is 0 Å². The number of nitrogens with zero attached hydrogens (tertiary/aromatic N) is 2. The van der Waals surface area contributed by atoms with Gasteiger partial charge in [-0.2, -0.15) is 5.10 Å². The summed E-state index contributed by atoms with van der Waals surface area (Å²) in [6.45, 7) is 14.3. The molecule has 1 unspecified atom stereocenters. The Hall–Kier alpha value is -2.33. The molecule has 1 atom stereocenters. The van der Waals surface area contributed by atoms with E-state index >= 15 is 0 Å². The highest BCUT2D eigenvalue weighted by molar-refractivity contribution is 6.33. The Labute approximate surface area is 185 Å². The third kappa shape index (κ3) is 4.54. The van der Waals surface area contributed by atoms with Crippen molar-refractivity contribution in [3.05, 3.63) is 63.2 Å². The maximum Gasteiger partial charge on any atom is 0.272 e. The third-order valence-electron chi connectivity index (χ3n) is 5.96. The van der Waals surface area contributed by atoms with Crippen LogP contribution in [0.2, 0.25) is 5.02 Å². The Morgan fingerprint density at radius 1 is 1.30 bits per heavy atom. The second kappa shape index (κ2) is 8.81. The van der Waals surface area contributed by atoms with Gasteiger partial charge >= 0.3 is 0 Å². The smallest absolute Gasteiger partial charge is 0.272 e. The molecule has 4 nitrogen and oxygen atoms in total. The van der Waals surface area contributed by atoms with Crippen molar-refractivity contribution in [3.8, 4) is 0 Å². The zero-order valence-electron chi connectivity index (χ0n) is 18.8. The molecule has 0 saturated carbocycles. The molecule has 1 aliphatic rings. The molecule has 1 heterocycles. The second-order valence-corrected chi connectivity index (χ2v) is 9.43. The first-order valence-corrected chi connectivity index (χ1v) is 11.0. The number of aryl methyl sites for hydroxylation is 2. The van der Waals surface area contributed by atoms with Crippen LogP contribution in [0.1, 0.15) is 79.1 Å². The standard InChI is InChI=1S/C25H32ClN3O/c1-7-10-29-23-12-17(3)19(13-21(23)18(4)14-25(29,5)6)15-27-28-24(30)20-9-8-16(2)11-22(20)26/h8-9,11-13,15,18H,7,10,14H2,1-6H3,(H,28,30)/b27-15-. The maximum absolute atomic E-state index is 12.4. The van der Waals surface area contributed by atoms with Crippen LogP contribution in [0.15, 0.2) is 35.4 Å². The quantitative estimate of drug-likeness (QED) is 0.456. The minimum atomic E-state index is -0.309. The van der Waals surface area contributed by atoms with Crippen molar-refractivity contribution in [2.24, 2.45) is 5.10 Å². The predicted molar refractivity (Wildman–Crippen MR) is 127 cm³/mol. The number of rotatable bonds is 5. The number of anilines is 1. The molecule has 1 aliphatic heterocycles. The van der Waals surface area contributed by atoms with Crippen LogP contribution in [-0.2, 0) is 0 Å². The first-order valence-electron chi connectivity index (χ1n) is 10.7. The number of nitrogens with one attached hydrogen (secondary N) is 1. The number of carbonyl (C=O) groups is 1. The first-order chi connectivity index (χ1) is 14.1. The maximum atomic E-state index is 12.4. The van der Waals surface area contributed by atoms with E-state index < -0.39 is 0 Å². The Kier molecular flexibility index (Phi) is 6.56. The van der Waals surface area contributed by atoms with Crippen LogP contribution in [0.4, 0.5) is 5.69 Å². The summed E-state index contributed by atoms with van der Waals surface area (Å²) in [4.78, 5) is 14.9. The molecular formula is C25H32ClN3O. The molecule has 2 aromatic rings. The van der Waals surface area contributed by atoms with Gasteiger partial charge in [0, 0.05) is 17.8 Å². The average Bonchev–Trinajstić information content (AvgIpc) is 2.65. The van der Waals surface area contributed by atoms with Crippen molar-refractivity contribution in [1.82, 2.24) is 5.43 Å². The Balaban J connectivity index is 1.84.